The number of hydrogen-bond acceptors (Lipinski definition) is 5. The van der Waals surface area contributed by atoms with Gasteiger partial charge < -0.3 is 41.0 Å². The zero-order valence-electron chi connectivity index (χ0n) is 29.3. The fourth-order valence-electron chi connectivity index (χ4n) is 7.21. The van der Waals surface area contributed by atoms with Gasteiger partial charge in [-0.1, -0.05) is 13.8 Å². The molecular weight excluding hydrogens is 638 g/mol. The Morgan fingerprint density at radius 1 is 0.620 bits per heavy atom. The molecule has 0 amide bonds. The molecule has 0 unspecified atom stereocenters. The molecule has 9 N–H and O–H groups in total. The lowest BCUT2D eigenvalue weighted by Crippen LogP contribution is -2.37. The maximum absolute atomic E-state index is 14.3. The third kappa shape index (κ3) is 6.75. The van der Waals surface area contributed by atoms with Gasteiger partial charge in [-0.2, -0.15) is 0 Å². The summed E-state index contributed by atoms with van der Waals surface area (Å²) in [6, 6.07) is -1.29. The second-order valence-electron chi connectivity index (χ2n) is 13.0. The minimum atomic E-state index is -1.29. The van der Waals surface area contributed by atoms with Crippen molar-refractivity contribution < 1.29 is 34.5 Å². The van der Waals surface area contributed by atoms with Crippen LogP contribution in [0.4, 0.5) is 0 Å². The monoisotopic (exact) mass is 683 g/mol. The number of carboxylic acids is 3. The highest BCUT2D eigenvalue weighted by Crippen LogP contribution is 2.27. The van der Waals surface area contributed by atoms with Crippen LogP contribution in [0.1, 0.15) is 100 Å². The largest absolute Gasteiger partial charge is 0.481 e. The normalized spacial score (nSPS) is 13.0. The molecule has 4 aromatic rings. The molecule has 5 rings (SSSR count). The van der Waals surface area contributed by atoms with Gasteiger partial charge >= 0.3 is 17.9 Å². The molecule has 5 heterocycles. The molecule has 0 spiro atoms. The molecule has 1 aliphatic rings. The molecular formula is C38H45N5O7. The van der Waals surface area contributed by atoms with Gasteiger partial charge in [0.15, 0.2) is 5.78 Å². The SMILES string of the molecule is CCc1c2[nH]c(c1C)C(C(=O)[C@@H](N)CC(=O)O)=c1[nH]c(c(C)c1CC)=Cc1[nH]c(c(CCC(=O)O)c1C)C=c1[nH]c(c(C)c1CCC(=O)O)=C2. The van der Waals surface area contributed by atoms with Gasteiger partial charge in [-0.15, -0.1) is 0 Å². The van der Waals surface area contributed by atoms with Gasteiger partial charge in [-0.05, 0) is 116 Å². The number of Topliss-reactive ketones (excluding diaryl/α,β-unsaturated/α-hetero) is 1. The lowest BCUT2D eigenvalue weighted by Gasteiger charge is -2.12. The van der Waals surface area contributed by atoms with Crippen molar-refractivity contribution in [2.45, 2.75) is 92.5 Å². The van der Waals surface area contributed by atoms with Crippen LogP contribution in [0.25, 0.3) is 23.8 Å². The highest BCUT2D eigenvalue weighted by atomic mass is 16.4. The van der Waals surface area contributed by atoms with Crippen LogP contribution in [0, 0.1) is 27.7 Å². The van der Waals surface area contributed by atoms with Crippen LogP contribution in [0.3, 0.4) is 0 Å². The van der Waals surface area contributed by atoms with E-state index in [2.05, 4.69) is 19.9 Å². The number of fused-ring (bicyclic) bond motifs is 8. The Hall–Kier alpha value is -5.36. The van der Waals surface area contributed by atoms with E-state index in [1.807, 2.05) is 59.8 Å². The van der Waals surface area contributed by atoms with Gasteiger partial charge in [0.05, 0.1) is 29.1 Å². The second-order valence-corrected chi connectivity index (χ2v) is 13.0. The Morgan fingerprint density at radius 3 is 1.76 bits per heavy atom. The van der Waals surface area contributed by atoms with Crippen molar-refractivity contribution in [2.24, 2.45) is 5.73 Å². The van der Waals surface area contributed by atoms with E-state index in [9.17, 15) is 34.5 Å². The summed E-state index contributed by atoms with van der Waals surface area (Å²) in [7, 11) is 0. The number of nitrogens with one attached hydrogen (secondary N) is 4. The molecule has 0 saturated carbocycles. The number of aliphatic carboxylic acids is 3. The number of aromatic nitrogens is 4. The molecule has 50 heavy (non-hydrogen) atoms. The predicted molar refractivity (Wildman–Crippen MR) is 190 cm³/mol. The average Bonchev–Trinajstić information content (AvgIpc) is 3.71. The molecule has 264 valence electrons. The summed E-state index contributed by atoms with van der Waals surface area (Å²) in [6.45, 7) is 11.8. The van der Waals surface area contributed by atoms with Crippen LogP contribution in [0.2, 0.25) is 0 Å². The van der Waals surface area contributed by atoms with Crippen LogP contribution in [-0.2, 0) is 44.9 Å². The van der Waals surface area contributed by atoms with E-state index in [1.54, 1.807) is 0 Å². The van der Waals surface area contributed by atoms with E-state index in [0.717, 1.165) is 66.6 Å². The standard InChI is InChI=1S/C38H45N5O7/c1-7-21-20(6)36-35(38(50)25(39)13-34(48)49)37-22(8-2)17(3)28(42-37)14-26-18(4)23(9-11-32(44)45)30(40-26)16-31-24(10-12-33(46)47)19(5)27(41-31)15-29(21)43-36/h14-16,25,40-43H,7-13,39H2,1-6H3,(H,44,45)(H,46,47)(H,48,49)/t25-/m0/s1. The Morgan fingerprint density at radius 2 is 1.16 bits per heavy atom. The molecule has 8 bridgehead atoms. The van der Waals surface area contributed by atoms with E-state index in [0.29, 0.717) is 34.9 Å². The summed E-state index contributed by atoms with van der Waals surface area (Å²) in [5.74, 6) is -3.53. The number of hydrogen-bond donors (Lipinski definition) is 8. The maximum atomic E-state index is 14.3. The van der Waals surface area contributed by atoms with Crippen LogP contribution >= 0.6 is 0 Å². The predicted octanol–water partition coefficient (Wildman–Crippen LogP) is 1.76. The molecule has 0 aromatic carbocycles. The van der Waals surface area contributed by atoms with E-state index in [-0.39, 0.29) is 31.3 Å². The fourth-order valence-corrected chi connectivity index (χ4v) is 7.21. The Labute approximate surface area is 288 Å². The number of ketones is 1. The minimum Gasteiger partial charge on any atom is -0.481 e. The number of rotatable bonds is 12. The zero-order valence-corrected chi connectivity index (χ0v) is 29.3. The quantitative estimate of drug-likeness (QED) is 0.110. The molecule has 0 saturated heterocycles. The fraction of sp³-hybridized carbons (Fsp3) is 0.368. The van der Waals surface area contributed by atoms with Crippen LogP contribution in [-0.4, -0.2) is 65.0 Å². The van der Waals surface area contributed by atoms with Crippen molar-refractivity contribution >= 4 is 47.5 Å². The first-order valence-corrected chi connectivity index (χ1v) is 16.9. The highest BCUT2D eigenvalue weighted by Gasteiger charge is 2.28. The van der Waals surface area contributed by atoms with Gasteiger partial charge in [0.2, 0.25) is 0 Å². The summed E-state index contributed by atoms with van der Waals surface area (Å²) < 4.78 is 0. The van der Waals surface area contributed by atoms with Gasteiger partial charge in [-0.25, -0.2) is 0 Å². The van der Waals surface area contributed by atoms with Crippen molar-refractivity contribution in [1.29, 1.82) is 0 Å². The third-order valence-corrected chi connectivity index (χ3v) is 9.96. The molecule has 4 aromatic heterocycles. The number of carbonyl (C=O) groups is 4. The van der Waals surface area contributed by atoms with E-state index in [4.69, 9.17) is 5.73 Å². The number of carbonyl (C=O) groups excluding carboxylic acids is 1. The first-order valence-electron chi connectivity index (χ1n) is 16.9. The van der Waals surface area contributed by atoms with Crippen molar-refractivity contribution in [1.82, 2.24) is 19.9 Å². The second kappa shape index (κ2) is 14.2. The first kappa shape index (κ1) is 35.9. The topological polar surface area (TPSA) is 218 Å². The molecule has 0 radical (unpaired) electrons. The van der Waals surface area contributed by atoms with Crippen LogP contribution in [0.5, 0.6) is 0 Å². The summed E-state index contributed by atoms with van der Waals surface area (Å²) in [4.78, 5) is 63.3. The lowest BCUT2D eigenvalue weighted by atomic mass is 9.94. The van der Waals surface area contributed by atoms with Gasteiger partial charge in [0.1, 0.15) is 0 Å². The van der Waals surface area contributed by atoms with E-state index < -0.39 is 36.2 Å². The summed E-state index contributed by atoms with van der Waals surface area (Å²) in [6.07, 6.45) is 6.87. The van der Waals surface area contributed by atoms with Crippen molar-refractivity contribution in [3.8, 4) is 0 Å². The van der Waals surface area contributed by atoms with Gasteiger partial charge in [-0.3, -0.25) is 19.2 Å². The molecule has 1 aliphatic heterocycles. The molecule has 0 aliphatic carbocycles. The summed E-state index contributed by atoms with van der Waals surface area (Å²) in [5.41, 5.74) is 16.3. The smallest absolute Gasteiger partial charge is 0.305 e. The van der Waals surface area contributed by atoms with E-state index in [1.165, 1.54) is 0 Å². The van der Waals surface area contributed by atoms with E-state index >= 15 is 0 Å². The number of aromatic amines is 4. The minimum absolute atomic E-state index is 0.0788. The highest BCUT2D eigenvalue weighted by molar-refractivity contribution is 6.23. The average molecular weight is 684 g/mol. The van der Waals surface area contributed by atoms with Gasteiger partial charge in [0.25, 0.3) is 0 Å². The van der Waals surface area contributed by atoms with Gasteiger partial charge in [0, 0.05) is 46.0 Å². The van der Waals surface area contributed by atoms with Crippen molar-refractivity contribution in [2.75, 3.05) is 0 Å². The summed E-state index contributed by atoms with van der Waals surface area (Å²) in [5, 5.41) is 31.4. The molecule has 12 nitrogen and oxygen atoms in total. The summed E-state index contributed by atoms with van der Waals surface area (Å²) >= 11 is 0. The molecule has 12 heteroatoms. The molecule has 1 atom stereocenters. The lowest BCUT2D eigenvalue weighted by molar-refractivity contribution is -0.139. The van der Waals surface area contributed by atoms with Crippen LogP contribution < -0.4 is 27.1 Å². The molecule has 0 fully saturated rings. The zero-order chi connectivity index (χ0) is 36.6. The maximum Gasteiger partial charge on any atom is 0.305 e. The van der Waals surface area contributed by atoms with Crippen molar-refractivity contribution in [3.63, 3.8) is 0 Å². The Bertz CT molecular complexity index is 2290. The number of H-pyrrole nitrogens is 4. The third-order valence-electron chi connectivity index (χ3n) is 9.96. The Balaban J connectivity index is 1.99. The number of nitrogens with two attached hydrogens (primary N) is 1. The first-order chi connectivity index (χ1) is 23.7. The number of carboxylic acid groups (broad SMARTS) is 3. The Kier molecular flexibility index (Phi) is 10.2. The van der Waals surface area contributed by atoms with Crippen LogP contribution in [0.15, 0.2) is 0 Å². The van der Waals surface area contributed by atoms with Crippen molar-refractivity contribution in [3.05, 3.63) is 88.7 Å².